The van der Waals surface area contributed by atoms with Crippen molar-refractivity contribution in [2.45, 2.75) is 25.0 Å². The molecule has 1 aliphatic rings. The molecule has 2 aromatic heterocycles. The van der Waals surface area contributed by atoms with Gasteiger partial charge in [0.05, 0.1) is 16.8 Å². The summed E-state index contributed by atoms with van der Waals surface area (Å²) in [6.07, 6.45) is 0.828. The van der Waals surface area contributed by atoms with Crippen LogP contribution in [0.25, 0.3) is 15.9 Å². The van der Waals surface area contributed by atoms with Gasteiger partial charge in [-0.2, -0.15) is 0 Å². The molecule has 9 heteroatoms. The van der Waals surface area contributed by atoms with Crippen molar-refractivity contribution in [3.63, 3.8) is 0 Å². The Morgan fingerprint density at radius 1 is 1.24 bits per heavy atom. The summed E-state index contributed by atoms with van der Waals surface area (Å²) in [5.41, 5.74) is 3.50. The van der Waals surface area contributed by atoms with E-state index in [1.165, 1.54) is 16.6 Å². The van der Waals surface area contributed by atoms with E-state index in [1.54, 1.807) is 40.2 Å². The Morgan fingerprint density at radius 2 is 2.03 bits per heavy atom. The van der Waals surface area contributed by atoms with Crippen molar-refractivity contribution >= 4 is 56.5 Å². The highest BCUT2D eigenvalue weighted by Crippen LogP contribution is 2.34. The summed E-state index contributed by atoms with van der Waals surface area (Å²) in [5.74, 6) is -0.0208. The van der Waals surface area contributed by atoms with Gasteiger partial charge in [-0.1, -0.05) is 35.5 Å². The van der Waals surface area contributed by atoms with Crippen LogP contribution in [0.2, 0.25) is 5.02 Å². The van der Waals surface area contributed by atoms with Crippen molar-refractivity contribution in [2.75, 3.05) is 24.7 Å². The number of hydrogen-bond acceptors (Lipinski definition) is 6. The van der Waals surface area contributed by atoms with Gasteiger partial charge in [-0.15, -0.1) is 11.3 Å². The molecule has 0 bridgehead atoms. The van der Waals surface area contributed by atoms with E-state index in [9.17, 15) is 9.59 Å². The number of halogens is 1. The van der Waals surface area contributed by atoms with E-state index in [2.05, 4.69) is 17.3 Å². The molecule has 4 aromatic rings. The van der Waals surface area contributed by atoms with Crippen molar-refractivity contribution in [1.29, 1.82) is 0 Å². The minimum atomic E-state index is -0.153. The van der Waals surface area contributed by atoms with Crippen LogP contribution in [0.3, 0.4) is 0 Å². The van der Waals surface area contributed by atoms with E-state index >= 15 is 0 Å². The molecule has 0 saturated carbocycles. The zero-order valence-electron chi connectivity index (χ0n) is 18.8. The van der Waals surface area contributed by atoms with Crippen LogP contribution >= 0.6 is 34.7 Å². The number of nitrogens with zero attached hydrogens (tertiary/aromatic N) is 3. The largest absolute Gasteiger partial charge is 0.325 e. The maximum atomic E-state index is 13.8. The van der Waals surface area contributed by atoms with Crippen LogP contribution < -0.4 is 10.9 Å². The first kappa shape index (κ1) is 23.1. The molecular formula is C25H23ClN4O2S2. The third-order valence-electron chi connectivity index (χ3n) is 5.75. The van der Waals surface area contributed by atoms with Crippen LogP contribution in [0.15, 0.2) is 58.5 Å². The maximum absolute atomic E-state index is 13.8. The third kappa shape index (κ3) is 4.63. The average Bonchev–Trinajstić information content (AvgIpc) is 3.16. The molecular weight excluding hydrogens is 488 g/mol. The standard InChI is InChI=1S/C25H23ClN4O2S2/c1-15-4-3-5-17(12-15)27-21(31)14-33-25-28-23-22(19-10-11-29(2)13-20(19)34-23)24(32)30(25)18-8-6-16(26)7-9-18/h3-9,12H,10-11,13-14H2,1-2H3,(H,27,31). The molecule has 0 saturated heterocycles. The van der Waals surface area contributed by atoms with Gasteiger partial charge >= 0.3 is 0 Å². The highest BCUT2D eigenvalue weighted by Gasteiger charge is 2.24. The lowest BCUT2D eigenvalue weighted by Gasteiger charge is -2.21. The summed E-state index contributed by atoms with van der Waals surface area (Å²) in [5, 5.41) is 4.70. The molecule has 0 atom stereocenters. The van der Waals surface area contributed by atoms with Gasteiger partial charge in [0.25, 0.3) is 5.56 Å². The number of amides is 1. The number of thioether (sulfide) groups is 1. The van der Waals surface area contributed by atoms with Crippen LogP contribution in [-0.2, 0) is 17.8 Å². The summed E-state index contributed by atoms with van der Waals surface area (Å²) in [7, 11) is 2.08. The second-order valence-corrected chi connectivity index (χ2v) is 10.9. The number of thiophene rings is 1. The van der Waals surface area contributed by atoms with Gasteiger partial charge < -0.3 is 10.2 Å². The number of anilines is 1. The van der Waals surface area contributed by atoms with Crippen molar-refractivity contribution < 1.29 is 4.79 Å². The molecule has 2 aromatic carbocycles. The van der Waals surface area contributed by atoms with E-state index in [0.29, 0.717) is 21.3 Å². The number of nitrogens with one attached hydrogen (secondary N) is 1. The summed E-state index contributed by atoms with van der Waals surface area (Å²) < 4.78 is 1.61. The predicted molar refractivity (Wildman–Crippen MR) is 141 cm³/mol. The summed E-state index contributed by atoms with van der Waals surface area (Å²) in [4.78, 5) is 35.5. The zero-order valence-corrected chi connectivity index (χ0v) is 21.2. The van der Waals surface area contributed by atoms with Gasteiger partial charge in [0.2, 0.25) is 5.91 Å². The third-order valence-corrected chi connectivity index (χ3v) is 8.05. The average molecular weight is 511 g/mol. The fraction of sp³-hybridized carbons (Fsp3) is 0.240. The number of benzene rings is 2. The highest BCUT2D eigenvalue weighted by atomic mass is 35.5. The number of aryl methyl sites for hydroxylation is 1. The molecule has 0 radical (unpaired) electrons. The highest BCUT2D eigenvalue weighted by molar-refractivity contribution is 7.99. The molecule has 1 aliphatic heterocycles. The molecule has 0 fully saturated rings. The second-order valence-electron chi connectivity index (χ2n) is 8.39. The van der Waals surface area contributed by atoms with E-state index in [0.717, 1.165) is 41.2 Å². The number of carbonyl (C=O) groups is 1. The molecule has 5 rings (SSSR count). The summed E-state index contributed by atoms with van der Waals surface area (Å²) in [6, 6.07) is 14.8. The molecule has 0 aliphatic carbocycles. The van der Waals surface area contributed by atoms with Crippen LogP contribution in [0.4, 0.5) is 5.69 Å². The first-order chi connectivity index (χ1) is 16.4. The van der Waals surface area contributed by atoms with Gasteiger partial charge in [0.15, 0.2) is 5.16 Å². The zero-order chi connectivity index (χ0) is 23.8. The van der Waals surface area contributed by atoms with Crippen molar-refractivity contribution in [2.24, 2.45) is 0 Å². The number of hydrogen-bond donors (Lipinski definition) is 1. The predicted octanol–water partition coefficient (Wildman–Crippen LogP) is 5.13. The normalized spacial score (nSPS) is 13.7. The molecule has 174 valence electrons. The number of rotatable bonds is 5. The quantitative estimate of drug-likeness (QED) is 0.298. The molecule has 0 spiro atoms. The lowest BCUT2D eigenvalue weighted by molar-refractivity contribution is -0.113. The van der Waals surface area contributed by atoms with E-state index in [1.807, 2.05) is 31.2 Å². The SMILES string of the molecule is Cc1cccc(NC(=O)CSc2nc3sc4c(c3c(=O)n2-c2ccc(Cl)cc2)CCN(C)C4)c1. The van der Waals surface area contributed by atoms with Gasteiger partial charge in [-0.3, -0.25) is 14.2 Å². The molecule has 34 heavy (non-hydrogen) atoms. The summed E-state index contributed by atoms with van der Waals surface area (Å²) in [6.45, 7) is 3.71. The van der Waals surface area contributed by atoms with E-state index in [-0.39, 0.29) is 17.2 Å². The van der Waals surface area contributed by atoms with Crippen molar-refractivity contribution in [1.82, 2.24) is 14.5 Å². The van der Waals surface area contributed by atoms with Crippen LogP contribution in [0.5, 0.6) is 0 Å². The lowest BCUT2D eigenvalue weighted by Crippen LogP contribution is -2.27. The monoisotopic (exact) mass is 510 g/mol. The topological polar surface area (TPSA) is 67.2 Å². The Morgan fingerprint density at radius 3 is 2.79 bits per heavy atom. The van der Waals surface area contributed by atoms with Crippen LogP contribution in [0, 0.1) is 6.92 Å². The minimum Gasteiger partial charge on any atom is -0.325 e. The van der Waals surface area contributed by atoms with Crippen molar-refractivity contribution in [3.8, 4) is 5.69 Å². The fourth-order valence-corrected chi connectivity index (χ4v) is 6.40. The Kier molecular flexibility index (Phi) is 6.48. The molecule has 3 heterocycles. The first-order valence-electron chi connectivity index (χ1n) is 10.9. The Balaban J connectivity index is 1.53. The Bertz CT molecular complexity index is 1450. The molecule has 6 nitrogen and oxygen atoms in total. The summed E-state index contributed by atoms with van der Waals surface area (Å²) >= 11 is 8.92. The van der Waals surface area contributed by atoms with Gasteiger partial charge in [0.1, 0.15) is 4.83 Å². The lowest BCUT2D eigenvalue weighted by atomic mass is 10.1. The van der Waals surface area contributed by atoms with E-state index in [4.69, 9.17) is 16.6 Å². The van der Waals surface area contributed by atoms with Crippen molar-refractivity contribution in [3.05, 3.63) is 79.9 Å². The van der Waals surface area contributed by atoms with E-state index < -0.39 is 0 Å². The van der Waals surface area contributed by atoms with Gasteiger partial charge in [-0.05, 0) is 67.9 Å². The maximum Gasteiger partial charge on any atom is 0.267 e. The minimum absolute atomic E-state index is 0.101. The molecule has 0 unspecified atom stereocenters. The number of carbonyl (C=O) groups excluding carboxylic acids is 1. The first-order valence-corrected chi connectivity index (χ1v) is 13.1. The number of fused-ring (bicyclic) bond motifs is 3. The number of aromatic nitrogens is 2. The van der Waals surface area contributed by atoms with Gasteiger partial charge in [-0.25, -0.2) is 4.98 Å². The smallest absolute Gasteiger partial charge is 0.267 e. The molecule has 1 N–H and O–H groups in total. The van der Waals surface area contributed by atoms with Crippen LogP contribution in [-0.4, -0.2) is 39.7 Å². The second kappa shape index (κ2) is 9.54. The van der Waals surface area contributed by atoms with Crippen LogP contribution in [0.1, 0.15) is 16.0 Å². The van der Waals surface area contributed by atoms with Gasteiger partial charge in [0, 0.05) is 28.7 Å². The number of likely N-dealkylation sites (N-methyl/N-ethyl adjacent to an activating group) is 1. The Hall–Kier alpha value is -2.65. The fourth-order valence-electron chi connectivity index (χ4n) is 4.12. The Labute approximate surface area is 210 Å². The molecule has 1 amide bonds.